The molecule has 2 heterocycles. The number of carbonyl (C=O) groups is 1. The summed E-state index contributed by atoms with van der Waals surface area (Å²) in [5.74, 6) is 0.150. The summed E-state index contributed by atoms with van der Waals surface area (Å²) in [5.41, 5.74) is 1.44. The van der Waals surface area contributed by atoms with Gasteiger partial charge >= 0.3 is 0 Å². The average Bonchev–Trinajstić information content (AvgIpc) is 2.85. The quantitative estimate of drug-likeness (QED) is 0.866. The summed E-state index contributed by atoms with van der Waals surface area (Å²) in [6.45, 7) is 7.21. The van der Waals surface area contributed by atoms with Gasteiger partial charge in [-0.05, 0) is 41.4 Å². The summed E-state index contributed by atoms with van der Waals surface area (Å²) in [7, 11) is 0. The van der Waals surface area contributed by atoms with Crippen LogP contribution in [0.4, 0.5) is 0 Å². The topological polar surface area (TPSA) is 51.2 Å². The molecule has 0 aromatic carbocycles. The number of hydrogen-bond donors (Lipinski definition) is 1. The van der Waals surface area contributed by atoms with Gasteiger partial charge < -0.3 is 10.1 Å². The van der Waals surface area contributed by atoms with Crippen molar-refractivity contribution < 1.29 is 9.53 Å². The number of carbonyl (C=O) groups excluding carboxylic acids is 1. The monoisotopic (exact) mass is 324 g/mol. The number of amides is 1. The lowest BCUT2D eigenvalue weighted by molar-refractivity contribution is 0.0921. The van der Waals surface area contributed by atoms with E-state index in [2.05, 4.69) is 32.8 Å². The molecule has 1 N–H and O–H groups in total. The van der Waals surface area contributed by atoms with E-state index in [-0.39, 0.29) is 12.0 Å². The predicted molar refractivity (Wildman–Crippen MR) is 76.9 cm³/mol. The van der Waals surface area contributed by atoms with Crippen LogP contribution >= 0.6 is 15.9 Å². The number of ether oxygens (including phenoxy) is 1. The molecule has 1 saturated heterocycles. The van der Waals surface area contributed by atoms with Crippen molar-refractivity contribution in [3.05, 3.63) is 40.6 Å². The zero-order valence-electron chi connectivity index (χ0n) is 10.9. The Kier molecular flexibility index (Phi) is 4.71. The minimum absolute atomic E-state index is 0.0539. The molecule has 1 aliphatic heterocycles. The van der Waals surface area contributed by atoms with Crippen LogP contribution in [0, 0.1) is 5.92 Å². The van der Waals surface area contributed by atoms with Gasteiger partial charge in [-0.25, -0.2) is 4.98 Å². The van der Waals surface area contributed by atoms with Crippen molar-refractivity contribution in [1.29, 1.82) is 0 Å². The highest BCUT2D eigenvalue weighted by atomic mass is 79.9. The Labute approximate surface area is 121 Å². The molecule has 1 aromatic rings. The van der Waals surface area contributed by atoms with Crippen LogP contribution in [0.15, 0.2) is 35.0 Å². The molecule has 19 heavy (non-hydrogen) atoms. The number of nitrogens with one attached hydrogen (secondary N) is 1. The molecule has 1 aromatic heterocycles. The number of halogens is 1. The van der Waals surface area contributed by atoms with E-state index in [1.807, 2.05) is 6.92 Å². The first kappa shape index (κ1) is 14.2. The number of rotatable bonds is 4. The standard InChI is InChI=1S/C14H17BrN2O2/c1-9(2)13-10(5-6-19-13)7-17-14(18)12-4-3-11(15)8-16-12/h3-4,8,10,13H,1,5-7H2,2H3,(H,17,18). The second kappa shape index (κ2) is 6.30. The highest BCUT2D eigenvalue weighted by Crippen LogP contribution is 2.25. The van der Waals surface area contributed by atoms with Gasteiger partial charge in [0.2, 0.25) is 0 Å². The van der Waals surface area contributed by atoms with Gasteiger partial charge in [-0.3, -0.25) is 4.79 Å². The Morgan fingerprint density at radius 1 is 1.63 bits per heavy atom. The first-order valence-corrected chi connectivity index (χ1v) is 7.04. The zero-order chi connectivity index (χ0) is 13.8. The molecule has 0 spiro atoms. The highest BCUT2D eigenvalue weighted by molar-refractivity contribution is 9.10. The summed E-state index contributed by atoms with van der Waals surface area (Å²) in [4.78, 5) is 16.0. The van der Waals surface area contributed by atoms with Crippen LogP contribution in [-0.4, -0.2) is 30.1 Å². The van der Waals surface area contributed by atoms with Crippen LogP contribution in [0.25, 0.3) is 0 Å². The van der Waals surface area contributed by atoms with Gasteiger partial charge in [0, 0.05) is 29.7 Å². The Balaban J connectivity index is 1.90. The van der Waals surface area contributed by atoms with E-state index >= 15 is 0 Å². The van der Waals surface area contributed by atoms with Crippen molar-refractivity contribution in [2.75, 3.05) is 13.2 Å². The number of hydrogen-bond acceptors (Lipinski definition) is 3. The third kappa shape index (κ3) is 3.64. The summed E-state index contributed by atoms with van der Waals surface area (Å²) < 4.78 is 6.47. The van der Waals surface area contributed by atoms with Gasteiger partial charge in [0.25, 0.3) is 5.91 Å². The fraction of sp³-hybridized carbons (Fsp3) is 0.429. The van der Waals surface area contributed by atoms with Crippen molar-refractivity contribution in [2.45, 2.75) is 19.4 Å². The molecule has 2 rings (SSSR count). The van der Waals surface area contributed by atoms with Gasteiger partial charge in [-0.15, -0.1) is 0 Å². The fourth-order valence-corrected chi connectivity index (χ4v) is 2.45. The third-order valence-corrected chi connectivity index (χ3v) is 3.65. The first-order valence-electron chi connectivity index (χ1n) is 6.24. The highest BCUT2D eigenvalue weighted by Gasteiger charge is 2.29. The SMILES string of the molecule is C=C(C)C1OCCC1CNC(=O)c1ccc(Br)cn1. The van der Waals surface area contributed by atoms with Crippen molar-refractivity contribution in [1.82, 2.24) is 10.3 Å². The van der Waals surface area contributed by atoms with Crippen molar-refractivity contribution in [3.63, 3.8) is 0 Å². The van der Waals surface area contributed by atoms with Crippen molar-refractivity contribution >= 4 is 21.8 Å². The molecule has 2 atom stereocenters. The van der Waals surface area contributed by atoms with E-state index < -0.39 is 0 Å². The lowest BCUT2D eigenvalue weighted by Gasteiger charge is -2.18. The van der Waals surface area contributed by atoms with Crippen LogP contribution in [0.5, 0.6) is 0 Å². The molecule has 102 valence electrons. The van der Waals surface area contributed by atoms with Gasteiger partial charge in [0.1, 0.15) is 5.69 Å². The summed E-state index contributed by atoms with van der Waals surface area (Å²) >= 11 is 3.29. The summed E-state index contributed by atoms with van der Waals surface area (Å²) in [6, 6.07) is 3.50. The van der Waals surface area contributed by atoms with E-state index in [0.29, 0.717) is 18.2 Å². The number of pyridine rings is 1. The minimum atomic E-state index is -0.153. The molecular weight excluding hydrogens is 308 g/mol. The van der Waals surface area contributed by atoms with Crippen LogP contribution in [0.3, 0.4) is 0 Å². The predicted octanol–water partition coefficient (Wildman–Crippen LogP) is 2.56. The van der Waals surface area contributed by atoms with Crippen molar-refractivity contribution in [2.24, 2.45) is 5.92 Å². The van der Waals surface area contributed by atoms with E-state index in [1.54, 1.807) is 18.3 Å². The molecule has 1 amide bonds. The van der Waals surface area contributed by atoms with E-state index in [0.717, 1.165) is 23.1 Å². The van der Waals surface area contributed by atoms with E-state index in [9.17, 15) is 4.79 Å². The van der Waals surface area contributed by atoms with Crippen LogP contribution in [0.1, 0.15) is 23.8 Å². The summed E-state index contributed by atoms with van der Waals surface area (Å²) in [6.07, 6.45) is 2.62. The largest absolute Gasteiger partial charge is 0.374 e. The van der Waals surface area contributed by atoms with E-state index in [4.69, 9.17) is 4.74 Å². The number of aromatic nitrogens is 1. The maximum Gasteiger partial charge on any atom is 0.269 e. The smallest absolute Gasteiger partial charge is 0.269 e. The van der Waals surface area contributed by atoms with Crippen LogP contribution in [0.2, 0.25) is 0 Å². The van der Waals surface area contributed by atoms with Crippen molar-refractivity contribution in [3.8, 4) is 0 Å². The van der Waals surface area contributed by atoms with Gasteiger partial charge in [0.05, 0.1) is 6.10 Å². The second-order valence-corrected chi connectivity index (χ2v) is 5.67. The Hall–Kier alpha value is -1.20. The molecule has 0 aliphatic carbocycles. The van der Waals surface area contributed by atoms with E-state index in [1.165, 1.54) is 0 Å². The molecule has 4 nitrogen and oxygen atoms in total. The van der Waals surface area contributed by atoms with Gasteiger partial charge in [-0.2, -0.15) is 0 Å². The molecule has 0 radical (unpaired) electrons. The molecule has 2 unspecified atom stereocenters. The molecular formula is C14H17BrN2O2. The second-order valence-electron chi connectivity index (χ2n) is 4.76. The Morgan fingerprint density at radius 2 is 2.42 bits per heavy atom. The maximum atomic E-state index is 11.9. The zero-order valence-corrected chi connectivity index (χ0v) is 12.4. The van der Waals surface area contributed by atoms with Gasteiger partial charge in [0.15, 0.2) is 0 Å². The van der Waals surface area contributed by atoms with Crippen LogP contribution < -0.4 is 5.32 Å². The molecule has 1 aliphatic rings. The van der Waals surface area contributed by atoms with Gasteiger partial charge in [-0.1, -0.05) is 12.2 Å². The number of nitrogens with zero attached hydrogens (tertiary/aromatic N) is 1. The molecule has 0 bridgehead atoms. The maximum absolute atomic E-state index is 11.9. The summed E-state index contributed by atoms with van der Waals surface area (Å²) in [5, 5.41) is 2.91. The molecule has 1 fully saturated rings. The Morgan fingerprint density at radius 3 is 3.05 bits per heavy atom. The normalized spacial score (nSPS) is 22.2. The lowest BCUT2D eigenvalue weighted by atomic mass is 9.97. The fourth-order valence-electron chi connectivity index (χ4n) is 2.21. The average molecular weight is 325 g/mol. The first-order chi connectivity index (χ1) is 9.08. The minimum Gasteiger partial charge on any atom is -0.374 e. The Bertz CT molecular complexity index is 473. The molecule has 0 saturated carbocycles. The third-order valence-electron chi connectivity index (χ3n) is 3.18. The lowest BCUT2D eigenvalue weighted by Crippen LogP contribution is -2.33. The van der Waals surface area contributed by atoms with Crippen LogP contribution in [-0.2, 0) is 4.74 Å². The molecule has 5 heteroatoms.